The summed E-state index contributed by atoms with van der Waals surface area (Å²) in [7, 11) is -3.17. The number of ether oxygens (including phenoxy) is 1. The first-order valence-electron chi connectivity index (χ1n) is 9.57. The van der Waals surface area contributed by atoms with Gasteiger partial charge >= 0.3 is 0 Å². The summed E-state index contributed by atoms with van der Waals surface area (Å²) in [6.45, 7) is 1.34. The normalized spacial score (nSPS) is 18.4. The number of hydrogen-bond donors (Lipinski definition) is 2. The van der Waals surface area contributed by atoms with E-state index in [-0.39, 0.29) is 12.1 Å². The number of hydrogen-bond acceptors (Lipinski definition) is 5. The molecule has 2 unspecified atom stereocenters. The molecule has 2 atom stereocenters. The molecule has 4 rings (SSSR count). The average molecular weight is 409 g/mol. The minimum atomic E-state index is -3.17. The Balaban J connectivity index is 1.46. The molecule has 0 aromatic heterocycles. The molecule has 0 radical (unpaired) electrons. The fourth-order valence-corrected chi connectivity index (χ4v) is 4.14. The van der Waals surface area contributed by atoms with Crippen LogP contribution in [0.25, 0.3) is 0 Å². The van der Waals surface area contributed by atoms with Gasteiger partial charge in [0, 0.05) is 19.3 Å². The summed E-state index contributed by atoms with van der Waals surface area (Å²) in [5.41, 5.74) is 3.15. The Morgan fingerprint density at radius 2 is 1.62 bits per heavy atom. The Hall–Kier alpha value is -2.83. The van der Waals surface area contributed by atoms with Gasteiger partial charge in [0.1, 0.15) is 11.9 Å². The SMILES string of the molecule is CS(=O)(=O)c1ccc(CNCC2Nc3ccccc3OC2c2ccccc2)cc1. The van der Waals surface area contributed by atoms with Crippen LogP contribution in [-0.4, -0.2) is 27.3 Å². The molecule has 29 heavy (non-hydrogen) atoms. The van der Waals surface area contributed by atoms with Crippen molar-refractivity contribution in [1.82, 2.24) is 5.32 Å². The largest absolute Gasteiger partial charge is 0.481 e. The zero-order valence-corrected chi connectivity index (χ0v) is 17.0. The molecule has 0 saturated carbocycles. The molecule has 1 aliphatic rings. The Labute approximate surface area is 171 Å². The minimum Gasteiger partial charge on any atom is -0.481 e. The van der Waals surface area contributed by atoms with Gasteiger partial charge in [-0.15, -0.1) is 0 Å². The summed E-state index contributed by atoms with van der Waals surface area (Å²) in [5.74, 6) is 0.856. The van der Waals surface area contributed by atoms with Crippen molar-refractivity contribution in [2.75, 3.05) is 18.1 Å². The summed E-state index contributed by atoms with van der Waals surface area (Å²) in [5, 5.41) is 7.06. The summed E-state index contributed by atoms with van der Waals surface area (Å²) >= 11 is 0. The maximum Gasteiger partial charge on any atom is 0.175 e. The van der Waals surface area contributed by atoms with Crippen LogP contribution in [0.3, 0.4) is 0 Å². The monoisotopic (exact) mass is 408 g/mol. The van der Waals surface area contributed by atoms with E-state index in [9.17, 15) is 8.42 Å². The molecule has 3 aromatic carbocycles. The van der Waals surface area contributed by atoms with Gasteiger partial charge in [0.05, 0.1) is 16.6 Å². The summed E-state index contributed by atoms with van der Waals surface area (Å²) in [4.78, 5) is 0.337. The molecule has 150 valence electrons. The average Bonchev–Trinajstić information content (AvgIpc) is 2.73. The van der Waals surface area contributed by atoms with E-state index in [1.165, 1.54) is 6.26 Å². The van der Waals surface area contributed by atoms with E-state index in [2.05, 4.69) is 22.8 Å². The molecule has 0 fully saturated rings. The van der Waals surface area contributed by atoms with Crippen LogP contribution in [0.15, 0.2) is 83.8 Å². The van der Waals surface area contributed by atoms with Crippen molar-refractivity contribution in [1.29, 1.82) is 0 Å². The lowest BCUT2D eigenvalue weighted by atomic mass is 9.99. The Morgan fingerprint density at radius 3 is 2.34 bits per heavy atom. The van der Waals surface area contributed by atoms with Crippen LogP contribution in [0.4, 0.5) is 5.69 Å². The van der Waals surface area contributed by atoms with Gasteiger partial charge in [0.2, 0.25) is 0 Å². The zero-order valence-electron chi connectivity index (χ0n) is 16.2. The molecule has 0 amide bonds. The molecule has 0 bridgehead atoms. The number of para-hydroxylation sites is 2. The van der Waals surface area contributed by atoms with Gasteiger partial charge in [0.15, 0.2) is 9.84 Å². The standard InChI is InChI=1S/C23H24N2O3S/c1-29(26,27)19-13-11-17(12-14-19)15-24-16-21-23(18-7-3-2-4-8-18)28-22-10-6-5-9-20(22)25-21/h2-14,21,23-25H,15-16H2,1H3. The van der Waals surface area contributed by atoms with E-state index in [0.29, 0.717) is 18.0 Å². The Bertz CT molecular complexity index is 1070. The van der Waals surface area contributed by atoms with Crippen LogP contribution in [-0.2, 0) is 16.4 Å². The highest BCUT2D eigenvalue weighted by molar-refractivity contribution is 7.90. The van der Waals surface area contributed by atoms with Crippen LogP contribution < -0.4 is 15.4 Å². The summed E-state index contributed by atoms with van der Waals surface area (Å²) < 4.78 is 29.5. The lowest BCUT2D eigenvalue weighted by Crippen LogP contribution is -2.42. The van der Waals surface area contributed by atoms with Gasteiger partial charge in [-0.05, 0) is 35.4 Å². The van der Waals surface area contributed by atoms with Crippen molar-refractivity contribution in [3.8, 4) is 5.75 Å². The topological polar surface area (TPSA) is 67.4 Å². The highest BCUT2D eigenvalue weighted by Gasteiger charge is 2.30. The Morgan fingerprint density at radius 1 is 0.931 bits per heavy atom. The van der Waals surface area contributed by atoms with Crippen LogP contribution in [0.1, 0.15) is 17.2 Å². The molecule has 1 aliphatic heterocycles. The van der Waals surface area contributed by atoms with E-state index in [0.717, 1.165) is 22.6 Å². The predicted molar refractivity (Wildman–Crippen MR) is 115 cm³/mol. The third-order valence-corrected chi connectivity index (χ3v) is 6.15. The maximum absolute atomic E-state index is 11.6. The van der Waals surface area contributed by atoms with Gasteiger partial charge in [-0.1, -0.05) is 54.6 Å². The van der Waals surface area contributed by atoms with Crippen molar-refractivity contribution >= 4 is 15.5 Å². The molecule has 0 aliphatic carbocycles. The molecule has 5 nitrogen and oxygen atoms in total. The molecular formula is C23H24N2O3S. The third kappa shape index (κ3) is 4.60. The van der Waals surface area contributed by atoms with Gasteiger partial charge in [-0.3, -0.25) is 0 Å². The first-order chi connectivity index (χ1) is 14.0. The molecular weight excluding hydrogens is 384 g/mol. The fourth-order valence-electron chi connectivity index (χ4n) is 3.51. The second-order valence-electron chi connectivity index (χ2n) is 7.24. The van der Waals surface area contributed by atoms with Crippen LogP contribution in [0, 0.1) is 0 Å². The number of rotatable bonds is 6. The summed E-state index contributed by atoms with van der Waals surface area (Å²) in [6, 6.07) is 25.2. The zero-order chi connectivity index (χ0) is 20.3. The number of benzene rings is 3. The number of fused-ring (bicyclic) bond motifs is 1. The van der Waals surface area contributed by atoms with Crippen LogP contribution in [0.5, 0.6) is 5.75 Å². The van der Waals surface area contributed by atoms with E-state index in [4.69, 9.17) is 4.74 Å². The molecule has 3 aromatic rings. The van der Waals surface area contributed by atoms with E-state index in [1.54, 1.807) is 12.1 Å². The molecule has 6 heteroatoms. The summed E-state index contributed by atoms with van der Waals surface area (Å²) in [6.07, 6.45) is 1.11. The highest BCUT2D eigenvalue weighted by Crippen LogP contribution is 2.36. The van der Waals surface area contributed by atoms with E-state index in [1.807, 2.05) is 54.6 Å². The minimum absolute atomic E-state index is 0.0580. The van der Waals surface area contributed by atoms with E-state index < -0.39 is 9.84 Å². The lowest BCUT2D eigenvalue weighted by Gasteiger charge is -2.35. The molecule has 0 spiro atoms. The van der Waals surface area contributed by atoms with Crippen molar-refractivity contribution in [3.05, 3.63) is 90.0 Å². The maximum atomic E-state index is 11.6. The quantitative estimate of drug-likeness (QED) is 0.650. The first-order valence-corrected chi connectivity index (χ1v) is 11.5. The highest BCUT2D eigenvalue weighted by atomic mass is 32.2. The molecule has 0 saturated heterocycles. The van der Waals surface area contributed by atoms with Crippen molar-refractivity contribution in [2.45, 2.75) is 23.6 Å². The molecule has 1 heterocycles. The van der Waals surface area contributed by atoms with Crippen molar-refractivity contribution in [3.63, 3.8) is 0 Å². The Kier molecular flexibility index (Phi) is 5.56. The van der Waals surface area contributed by atoms with E-state index >= 15 is 0 Å². The number of anilines is 1. The van der Waals surface area contributed by atoms with Crippen LogP contribution >= 0.6 is 0 Å². The fraction of sp³-hybridized carbons (Fsp3) is 0.217. The molecule has 2 N–H and O–H groups in total. The number of nitrogens with one attached hydrogen (secondary N) is 2. The van der Waals surface area contributed by atoms with Crippen LogP contribution in [0.2, 0.25) is 0 Å². The first kappa shape index (κ1) is 19.5. The van der Waals surface area contributed by atoms with Gasteiger partial charge in [0.25, 0.3) is 0 Å². The van der Waals surface area contributed by atoms with Crippen molar-refractivity contribution in [2.24, 2.45) is 0 Å². The van der Waals surface area contributed by atoms with Gasteiger partial charge < -0.3 is 15.4 Å². The predicted octanol–water partition coefficient (Wildman–Crippen LogP) is 3.79. The smallest absolute Gasteiger partial charge is 0.175 e. The second-order valence-corrected chi connectivity index (χ2v) is 9.26. The van der Waals surface area contributed by atoms with Gasteiger partial charge in [-0.2, -0.15) is 0 Å². The second kappa shape index (κ2) is 8.27. The van der Waals surface area contributed by atoms with Gasteiger partial charge in [-0.25, -0.2) is 8.42 Å². The number of sulfone groups is 1. The third-order valence-electron chi connectivity index (χ3n) is 5.02. The van der Waals surface area contributed by atoms with Crippen molar-refractivity contribution < 1.29 is 13.2 Å². The lowest BCUT2D eigenvalue weighted by molar-refractivity contribution is 0.169.